The summed E-state index contributed by atoms with van der Waals surface area (Å²) < 4.78 is 75.3. The molecule has 2 atom stereocenters. The van der Waals surface area contributed by atoms with Crippen LogP contribution in [0.3, 0.4) is 0 Å². The fourth-order valence-corrected chi connectivity index (χ4v) is 6.14. The van der Waals surface area contributed by atoms with Gasteiger partial charge in [-0.25, -0.2) is 22.6 Å². The van der Waals surface area contributed by atoms with E-state index in [1.165, 1.54) is 14.0 Å². The average molecular weight is 631 g/mol. The van der Waals surface area contributed by atoms with E-state index in [2.05, 4.69) is 19.7 Å². The van der Waals surface area contributed by atoms with Gasteiger partial charge < -0.3 is 9.64 Å². The molecule has 0 saturated carbocycles. The van der Waals surface area contributed by atoms with Crippen LogP contribution in [0.5, 0.6) is 5.75 Å². The van der Waals surface area contributed by atoms with Crippen molar-refractivity contribution in [1.29, 1.82) is 0 Å². The predicted molar refractivity (Wildman–Crippen MR) is 159 cm³/mol. The van der Waals surface area contributed by atoms with Crippen LogP contribution in [0.4, 0.5) is 13.2 Å². The summed E-state index contributed by atoms with van der Waals surface area (Å²) in [6, 6.07) is 15.3. The van der Waals surface area contributed by atoms with Crippen LogP contribution in [0.2, 0.25) is 0 Å². The zero-order valence-electron chi connectivity index (χ0n) is 24.7. The number of sulfonamides is 1. The first-order chi connectivity index (χ1) is 20.8. The molecule has 1 unspecified atom stereocenters. The second-order valence-electron chi connectivity index (χ2n) is 10.8. The maximum Gasteiger partial charge on any atom is 0.433 e. The smallest absolute Gasteiger partial charge is 0.433 e. The standard InChI is InChI=1S/C30H33F3N6O4S/c1-19-18-37(25(17-35-44(4,41)42)21-8-6-5-7-9-21)14-15-38(19)29(40)24-16-34-39-27(30(31,32)33)20(2)26(36-28(24)39)22-10-12-23(43-3)13-11-22/h5-13,16,19,25,35H,14-15,17-18H2,1-4H3/t19-,25?/m1/s1. The third-order valence-corrected chi connectivity index (χ3v) is 8.52. The zero-order chi connectivity index (χ0) is 31.8. The molecule has 2 aromatic heterocycles. The summed E-state index contributed by atoms with van der Waals surface area (Å²) in [5, 5.41) is 3.97. The molecule has 14 heteroatoms. The molecule has 44 heavy (non-hydrogen) atoms. The Hall–Kier alpha value is -4.01. The van der Waals surface area contributed by atoms with Gasteiger partial charge in [0.1, 0.15) is 11.3 Å². The van der Waals surface area contributed by atoms with E-state index in [0.29, 0.717) is 28.9 Å². The topological polar surface area (TPSA) is 109 Å². The Morgan fingerprint density at radius 3 is 2.39 bits per heavy atom. The van der Waals surface area contributed by atoms with Crippen molar-refractivity contribution in [2.24, 2.45) is 0 Å². The van der Waals surface area contributed by atoms with Crippen molar-refractivity contribution < 1.29 is 31.1 Å². The van der Waals surface area contributed by atoms with Crippen molar-refractivity contribution in [3.05, 3.63) is 83.2 Å². The van der Waals surface area contributed by atoms with Gasteiger partial charge in [0.2, 0.25) is 10.0 Å². The first kappa shape index (κ1) is 31.4. The van der Waals surface area contributed by atoms with Gasteiger partial charge in [0, 0.05) is 49.4 Å². The number of halogens is 3. The van der Waals surface area contributed by atoms with E-state index in [1.54, 1.807) is 29.2 Å². The molecule has 234 valence electrons. The molecule has 3 heterocycles. The molecule has 10 nitrogen and oxygen atoms in total. The number of amides is 1. The van der Waals surface area contributed by atoms with Crippen LogP contribution in [-0.2, 0) is 16.2 Å². The van der Waals surface area contributed by atoms with Crippen LogP contribution >= 0.6 is 0 Å². The van der Waals surface area contributed by atoms with Crippen molar-refractivity contribution >= 4 is 21.6 Å². The lowest BCUT2D eigenvalue weighted by Gasteiger charge is -2.43. The fourth-order valence-electron chi connectivity index (χ4n) is 5.68. The zero-order valence-corrected chi connectivity index (χ0v) is 25.5. The highest BCUT2D eigenvalue weighted by atomic mass is 32.2. The van der Waals surface area contributed by atoms with Crippen LogP contribution in [0, 0.1) is 6.92 Å². The highest BCUT2D eigenvalue weighted by Crippen LogP contribution is 2.37. The number of alkyl halides is 3. The second-order valence-corrected chi connectivity index (χ2v) is 12.7. The van der Waals surface area contributed by atoms with Crippen LogP contribution in [0.25, 0.3) is 16.9 Å². The van der Waals surface area contributed by atoms with Crippen LogP contribution in [0.15, 0.2) is 60.8 Å². The summed E-state index contributed by atoms with van der Waals surface area (Å²) in [4.78, 5) is 22.1. The Kier molecular flexibility index (Phi) is 8.69. The number of nitrogens with zero attached hydrogens (tertiary/aromatic N) is 5. The highest BCUT2D eigenvalue weighted by Gasteiger charge is 2.40. The molecular weight excluding hydrogens is 597 g/mol. The highest BCUT2D eigenvalue weighted by molar-refractivity contribution is 7.88. The number of piperazine rings is 1. The van der Waals surface area contributed by atoms with Crippen LogP contribution in [0.1, 0.15) is 40.1 Å². The fraction of sp³-hybridized carbons (Fsp3) is 0.367. The maximum atomic E-state index is 14.4. The molecule has 4 aromatic rings. The van der Waals surface area contributed by atoms with E-state index in [0.717, 1.165) is 18.0 Å². The minimum Gasteiger partial charge on any atom is -0.497 e. The van der Waals surface area contributed by atoms with Gasteiger partial charge in [-0.3, -0.25) is 9.69 Å². The van der Waals surface area contributed by atoms with Gasteiger partial charge in [-0.2, -0.15) is 18.3 Å². The largest absolute Gasteiger partial charge is 0.497 e. The third-order valence-electron chi connectivity index (χ3n) is 7.83. The van der Waals surface area contributed by atoms with Gasteiger partial charge in [-0.1, -0.05) is 30.3 Å². The average Bonchev–Trinajstić information content (AvgIpc) is 3.39. The Labute approximate surface area is 253 Å². The lowest BCUT2D eigenvalue weighted by Crippen LogP contribution is -2.55. The number of rotatable bonds is 8. The Balaban J connectivity index is 1.47. The van der Waals surface area contributed by atoms with Gasteiger partial charge in [0.15, 0.2) is 11.3 Å². The molecule has 2 aromatic carbocycles. The monoisotopic (exact) mass is 630 g/mol. The lowest BCUT2D eigenvalue weighted by atomic mass is 10.0. The van der Waals surface area contributed by atoms with Crippen molar-refractivity contribution in [3.8, 4) is 17.0 Å². The summed E-state index contributed by atoms with van der Waals surface area (Å²) >= 11 is 0. The summed E-state index contributed by atoms with van der Waals surface area (Å²) in [6.07, 6.45) is -2.52. The lowest BCUT2D eigenvalue weighted by molar-refractivity contribution is -0.143. The quantitative estimate of drug-likeness (QED) is 0.311. The number of hydrogen-bond acceptors (Lipinski definition) is 7. The van der Waals surface area contributed by atoms with Crippen molar-refractivity contribution in [2.45, 2.75) is 32.1 Å². The number of carbonyl (C=O) groups excluding carboxylic acids is 1. The van der Waals surface area contributed by atoms with Crippen molar-refractivity contribution in [2.75, 3.05) is 39.5 Å². The number of fused-ring (bicyclic) bond motifs is 1. The molecule has 1 amide bonds. The molecule has 0 radical (unpaired) electrons. The number of nitrogens with one attached hydrogen (secondary N) is 1. The molecular formula is C30H33F3N6O4S. The van der Waals surface area contributed by atoms with Crippen molar-refractivity contribution in [3.63, 3.8) is 0 Å². The van der Waals surface area contributed by atoms with E-state index in [1.807, 2.05) is 37.3 Å². The van der Waals surface area contributed by atoms with Crippen molar-refractivity contribution in [1.82, 2.24) is 29.1 Å². The van der Waals surface area contributed by atoms with E-state index in [-0.39, 0.29) is 47.6 Å². The molecule has 1 aliphatic heterocycles. The Morgan fingerprint density at radius 2 is 1.80 bits per heavy atom. The molecule has 1 fully saturated rings. The number of benzene rings is 2. The van der Waals surface area contributed by atoms with Gasteiger partial charge in [-0.15, -0.1) is 0 Å². The minimum atomic E-state index is -4.76. The number of carbonyl (C=O) groups is 1. The summed E-state index contributed by atoms with van der Waals surface area (Å²) in [5.74, 6) is 0.0568. The van der Waals surface area contributed by atoms with Gasteiger partial charge in [0.25, 0.3) is 5.91 Å². The molecule has 5 rings (SSSR count). The predicted octanol–water partition coefficient (Wildman–Crippen LogP) is 4.17. The molecule has 1 saturated heterocycles. The minimum absolute atomic E-state index is 0.0380. The third kappa shape index (κ3) is 6.42. The molecule has 0 spiro atoms. The van der Waals surface area contributed by atoms with E-state index in [9.17, 15) is 26.4 Å². The van der Waals surface area contributed by atoms with E-state index >= 15 is 0 Å². The summed E-state index contributed by atoms with van der Waals surface area (Å²) in [6.45, 7) is 4.42. The van der Waals surface area contributed by atoms with Crippen LogP contribution < -0.4 is 9.46 Å². The Bertz CT molecular complexity index is 1760. The molecule has 1 N–H and O–H groups in total. The normalized spacial score (nSPS) is 17.2. The van der Waals surface area contributed by atoms with Crippen LogP contribution in [-0.4, -0.2) is 84.3 Å². The first-order valence-electron chi connectivity index (χ1n) is 13.9. The number of ether oxygens (including phenoxy) is 1. The van der Waals surface area contributed by atoms with Gasteiger partial charge in [-0.05, 0) is 43.7 Å². The van der Waals surface area contributed by atoms with E-state index < -0.39 is 27.8 Å². The van der Waals surface area contributed by atoms with Gasteiger partial charge in [0.05, 0.1) is 25.3 Å². The summed E-state index contributed by atoms with van der Waals surface area (Å²) in [5.41, 5.74) is 0.0973. The summed E-state index contributed by atoms with van der Waals surface area (Å²) in [7, 11) is -1.95. The number of hydrogen-bond donors (Lipinski definition) is 1. The Morgan fingerprint density at radius 1 is 1.11 bits per heavy atom. The first-order valence-corrected chi connectivity index (χ1v) is 15.8. The second kappa shape index (κ2) is 12.2. The maximum absolute atomic E-state index is 14.4. The number of aromatic nitrogens is 3. The van der Waals surface area contributed by atoms with Gasteiger partial charge >= 0.3 is 6.18 Å². The SMILES string of the molecule is COc1ccc(-c2nc3c(C(=O)N4CCN(C(CNS(C)(=O)=O)c5ccccc5)C[C@H]4C)cnn3c(C(F)(F)F)c2C)cc1. The number of methoxy groups -OCH3 is 1. The van der Waals surface area contributed by atoms with E-state index in [4.69, 9.17) is 4.74 Å². The molecule has 0 aliphatic carbocycles. The molecule has 1 aliphatic rings. The molecule has 0 bridgehead atoms.